The number of hydrogen-bond donors (Lipinski definition) is 0. The van der Waals surface area contributed by atoms with E-state index in [4.69, 9.17) is 4.74 Å². The van der Waals surface area contributed by atoms with Gasteiger partial charge in [0.15, 0.2) is 0 Å². The minimum atomic E-state index is -0.102. The van der Waals surface area contributed by atoms with Crippen LogP contribution in [0.5, 0.6) is 0 Å². The molecule has 1 aromatic rings. The van der Waals surface area contributed by atoms with Gasteiger partial charge >= 0.3 is 5.97 Å². The van der Waals surface area contributed by atoms with Crippen LogP contribution in [0.15, 0.2) is 18.2 Å². The van der Waals surface area contributed by atoms with E-state index in [0.29, 0.717) is 0 Å². The zero-order chi connectivity index (χ0) is 13.1. The predicted octanol–water partition coefficient (Wildman–Crippen LogP) is 2.42. The molecule has 0 saturated heterocycles. The van der Waals surface area contributed by atoms with E-state index in [2.05, 4.69) is 30.1 Å². The van der Waals surface area contributed by atoms with Gasteiger partial charge in [-0.25, -0.2) is 0 Å². The molecule has 1 unspecified atom stereocenters. The minimum absolute atomic E-state index is 0.0211. The van der Waals surface area contributed by atoms with Gasteiger partial charge in [0.05, 0.1) is 13.0 Å². The molecule has 0 aromatic heterocycles. The highest BCUT2D eigenvalue weighted by atomic mass is 16.5. The molecule has 0 aliphatic carbocycles. The molecule has 0 saturated carbocycles. The Bertz CT molecular complexity index is 442. The van der Waals surface area contributed by atoms with Gasteiger partial charge in [0, 0.05) is 19.3 Å². The summed E-state index contributed by atoms with van der Waals surface area (Å²) in [5.74, 6) is -0.123. The zero-order valence-corrected chi connectivity index (χ0v) is 11.4. The molecule has 0 radical (unpaired) electrons. The van der Waals surface area contributed by atoms with Crippen LogP contribution < -0.4 is 4.90 Å². The van der Waals surface area contributed by atoms with Crippen molar-refractivity contribution in [1.82, 2.24) is 0 Å². The number of fused-ring (bicyclic) bond motifs is 1. The number of methoxy groups -OCH3 is 1. The van der Waals surface area contributed by atoms with Gasteiger partial charge in [0.2, 0.25) is 0 Å². The van der Waals surface area contributed by atoms with Gasteiger partial charge < -0.3 is 9.64 Å². The van der Waals surface area contributed by atoms with Crippen molar-refractivity contribution in [3.8, 4) is 0 Å². The Morgan fingerprint density at radius 1 is 1.50 bits per heavy atom. The summed E-state index contributed by atoms with van der Waals surface area (Å²) >= 11 is 0. The van der Waals surface area contributed by atoms with Crippen LogP contribution in [0.2, 0.25) is 0 Å². The quantitative estimate of drug-likeness (QED) is 0.765. The van der Waals surface area contributed by atoms with Crippen LogP contribution in [-0.4, -0.2) is 26.7 Å². The molecule has 1 atom stereocenters. The number of esters is 1. The first kappa shape index (κ1) is 12.9. The van der Waals surface area contributed by atoms with Gasteiger partial charge in [-0.1, -0.05) is 19.1 Å². The fraction of sp³-hybridized carbons (Fsp3) is 0.533. The number of anilines is 1. The lowest BCUT2D eigenvalue weighted by Gasteiger charge is -2.15. The van der Waals surface area contributed by atoms with E-state index in [0.717, 1.165) is 25.8 Å². The topological polar surface area (TPSA) is 29.5 Å². The van der Waals surface area contributed by atoms with Crippen LogP contribution in [0.3, 0.4) is 0 Å². The third-order valence-electron chi connectivity index (χ3n) is 3.78. The van der Waals surface area contributed by atoms with Crippen LogP contribution in [0.25, 0.3) is 0 Å². The Morgan fingerprint density at radius 2 is 2.28 bits per heavy atom. The maximum absolute atomic E-state index is 11.6. The molecular weight excluding hydrogens is 226 g/mol. The Kier molecular flexibility index (Phi) is 3.90. The predicted molar refractivity (Wildman–Crippen MR) is 72.9 cm³/mol. The first-order chi connectivity index (χ1) is 8.65. The van der Waals surface area contributed by atoms with E-state index in [1.165, 1.54) is 23.9 Å². The Hall–Kier alpha value is -1.51. The van der Waals surface area contributed by atoms with E-state index >= 15 is 0 Å². The Labute approximate surface area is 109 Å². The molecule has 0 amide bonds. The SMILES string of the molecule is CCC(Cc1ccc2c(c1)CCN2C)C(=O)OC. The van der Waals surface area contributed by atoms with Crippen molar-refractivity contribution in [2.75, 3.05) is 25.6 Å². The van der Waals surface area contributed by atoms with Gasteiger partial charge in [-0.05, 0) is 36.5 Å². The molecule has 1 aromatic carbocycles. The van der Waals surface area contributed by atoms with Gasteiger partial charge in [-0.15, -0.1) is 0 Å². The van der Waals surface area contributed by atoms with Crippen molar-refractivity contribution in [2.24, 2.45) is 5.92 Å². The smallest absolute Gasteiger partial charge is 0.308 e. The molecule has 1 aliphatic heterocycles. The largest absolute Gasteiger partial charge is 0.469 e. The normalized spacial score (nSPS) is 15.4. The molecule has 1 aliphatic rings. The highest BCUT2D eigenvalue weighted by Gasteiger charge is 2.20. The van der Waals surface area contributed by atoms with Crippen molar-refractivity contribution in [1.29, 1.82) is 0 Å². The molecule has 18 heavy (non-hydrogen) atoms. The van der Waals surface area contributed by atoms with E-state index in [9.17, 15) is 4.79 Å². The second-order valence-corrected chi connectivity index (χ2v) is 4.97. The molecule has 1 heterocycles. The summed E-state index contributed by atoms with van der Waals surface area (Å²) in [4.78, 5) is 13.9. The number of benzene rings is 1. The van der Waals surface area contributed by atoms with Crippen molar-refractivity contribution >= 4 is 11.7 Å². The molecule has 3 heteroatoms. The lowest BCUT2D eigenvalue weighted by atomic mass is 9.95. The van der Waals surface area contributed by atoms with Gasteiger partial charge in [0.1, 0.15) is 0 Å². The molecule has 0 N–H and O–H groups in total. The average molecular weight is 247 g/mol. The molecule has 0 fully saturated rings. The average Bonchev–Trinajstić information content (AvgIpc) is 2.76. The first-order valence-corrected chi connectivity index (χ1v) is 6.56. The Morgan fingerprint density at radius 3 is 2.94 bits per heavy atom. The lowest BCUT2D eigenvalue weighted by molar-refractivity contribution is -0.145. The molecular formula is C15H21NO2. The zero-order valence-electron chi connectivity index (χ0n) is 11.4. The number of carbonyl (C=O) groups excluding carboxylic acids is 1. The molecule has 0 spiro atoms. The number of ether oxygens (including phenoxy) is 1. The molecule has 0 bridgehead atoms. The molecule has 98 valence electrons. The summed E-state index contributed by atoms with van der Waals surface area (Å²) in [5, 5.41) is 0. The van der Waals surface area contributed by atoms with Crippen LogP contribution in [-0.2, 0) is 22.4 Å². The maximum atomic E-state index is 11.6. The second kappa shape index (κ2) is 5.42. The van der Waals surface area contributed by atoms with Crippen LogP contribution in [0, 0.1) is 5.92 Å². The third kappa shape index (κ3) is 2.50. The number of carbonyl (C=O) groups is 1. The number of hydrogen-bond acceptors (Lipinski definition) is 3. The van der Waals surface area contributed by atoms with Gasteiger partial charge in [-0.3, -0.25) is 4.79 Å². The van der Waals surface area contributed by atoms with Crippen molar-refractivity contribution in [2.45, 2.75) is 26.2 Å². The monoisotopic (exact) mass is 247 g/mol. The summed E-state index contributed by atoms with van der Waals surface area (Å²) in [6, 6.07) is 6.54. The van der Waals surface area contributed by atoms with E-state index in [1.807, 2.05) is 6.92 Å². The summed E-state index contributed by atoms with van der Waals surface area (Å²) in [7, 11) is 3.58. The van der Waals surface area contributed by atoms with Gasteiger partial charge in [-0.2, -0.15) is 0 Å². The summed E-state index contributed by atoms with van der Waals surface area (Å²) in [6.45, 7) is 3.12. The van der Waals surface area contributed by atoms with Crippen molar-refractivity contribution < 1.29 is 9.53 Å². The Balaban J connectivity index is 2.13. The minimum Gasteiger partial charge on any atom is -0.469 e. The lowest BCUT2D eigenvalue weighted by Crippen LogP contribution is -2.17. The van der Waals surface area contributed by atoms with Crippen molar-refractivity contribution in [3.63, 3.8) is 0 Å². The van der Waals surface area contributed by atoms with Gasteiger partial charge in [0.25, 0.3) is 0 Å². The number of nitrogens with zero attached hydrogens (tertiary/aromatic N) is 1. The van der Waals surface area contributed by atoms with Crippen LogP contribution in [0.1, 0.15) is 24.5 Å². The maximum Gasteiger partial charge on any atom is 0.308 e. The molecule has 3 nitrogen and oxygen atoms in total. The summed E-state index contributed by atoms with van der Waals surface area (Å²) < 4.78 is 4.84. The standard InChI is InChI=1S/C15H21NO2/c1-4-12(15(17)18-3)9-11-5-6-14-13(10-11)7-8-16(14)2/h5-6,10,12H,4,7-9H2,1-3H3. The van der Waals surface area contributed by atoms with Crippen LogP contribution >= 0.6 is 0 Å². The fourth-order valence-electron chi connectivity index (χ4n) is 2.59. The van der Waals surface area contributed by atoms with E-state index in [-0.39, 0.29) is 11.9 Å². The summed E-state index contributed by atoms with van der Waals surface area (Å²) in [6.07, 6.45) is 2.71. The molecule has 2 rings (SSSR count). The van der Waals surface area contributed by atoms with E-state index in [1.54, 1.807) is 0 Å². The number of rotatable bonds is 4. The first-order valence-electron chi connectivity index (χ1n) is 6.56. The number of likely N-dealkylation sites (N-methyl/N-ethyl adjacent to an activating group) is 1. The van der Waals surface area contributed by atoms with Crippen molar-refractivity contribution in [3.05, 3.63) is 29.3 Å². The highest BCUT2D eigenvalue weighted by molar-refractivity contribution is 5.72. The van der Waals surface area contributed by atoms with E-state index < -0.39 is 0 Å². The third-order valence-corrected chi connectivity index (χ3v) is 3.78. The fourth-order valence-corrected chi connectivity index (χ4v) is 2.59. The summed E-state index contributed by atoms with van der Waals surface area (Å²) in [5.41, 5.74) is 3.96. The van der Waals surface area contributed by atoms with Crippen LogP contribution in [0.4, 0.5) is 5.69 Å². The highest BCUT2D eigenvalue weighted by Crippen LogP contribution is 2.28. The second-order valence-electron chi connectivity index (χ2n) is 4.97.